The number of carbonyl (C=O) groups excluding carboxylic acids is 4. The van der Waals surface area contributed by atoms with E-state index in [1.807, 2.05) is 0 Å². The maximum absolute atomic E-state index is 13.1. The molecule has 17 nitrogen and oxygen atoms in total. The van der Waals surface area contributed by atoms with Crippen molar-refractivity contribution in [3.05, 3.63) is 0 Å². The molecule has 6 atom stereocenters. The van der Waals surface area contributed by atoms with Crippen LogP contribution in [0.1, 0.15) is 364 Å². The molecule has 0 aromatic carbocycles. The Morgan fingerprint density at radius 3 is 0.772 bits per heavy atom. The van der Waals surface area contributed by atoms with Gasteiger partial charge in [-0.1, -0.05) is 312 Å². The van der Waals surface area contributed by atoms with Crippen LogP contribution >= 0.6 is 15.6 Å². The molecule has 0 aliphatic rings. The van der Waals surface area contributed by atoms with Gasteiger partial charge in [0.05, 0.1) is 26.4 Å². The van der Waals surface area contributed by atoms with Crippen LogP contribution in [0.15, 0.2) is 0 Å². The summed E-state index contributed by atoms with van der Waals surface area (Å²) in [6, 6.07) is 0. The molecule has 0 rings (SSSR count). The Balaban J connectivity index is 5.22. The van der Waals surface area contributed by atoms with Crippen LogP contribution in [0.3, 0.4) is 0 Å². The van der Waals surface area contributed by atoms with Crippen LogP contribution in [-0.2, 0) is 65.4 Å². The molecule has 0 aromatic heterocycles. The van der Waals surface area contributed by atoms with Gasteiger partial charge in [-0.3, -0.25) is 37.3 Å². The van der Waals surface area contributed by atoms with Gasteiger partial charge in [0, 0.05) is 25.7 Å². The van der Waals surface area contributed by atoms with E-state index < -0.39 is 97.5 Å². The highest BCUT2D eigenvalue weighted by Gasteiger charge is 2.30. The lowest BCUT2D eigenvalue weighted by Gasteiger charge is -2.21. The van der Waals surface area contributed by atoms with Crippen molar-refractivity contribution in [3.63, 3.8) is 0 Å². The smallest absolute Gasteiger partial charge is 0.462 e. The number of aliphatic hydroxyl groups excluding tert-OH is 1. The standard InChI is InChI=1S/C73H142O17P2/c1-9-66(8)52-44-36-30-32-40-48-56-73(78)90-69(60-84-71(76)54-46-38-31-29-35-43-51-65(6)7)62-88-92(81,82)86-58-67(74)57-85-91(79,80)87-61-68(59-83-70(75)53-45-37-27-23-20-16-18-22-26-34-42-50-64(4)5)89-72(77)55-47-39-28-24-19-15-13-11-10-12-14-17-21-25-33-41-49-63(2)3/h63-69,74H,9-62H2,1-8H3,(H,79,80)(H,81,82)/t66?,67-,68-,69-/m1/s1. The number of unbranched alkanes of at least 4 members (excludes halogenated alkanes) is 35. The van der Waals surface area contributed by atoms with Crippen LogP contribution in [-0.4, -0.2) is 96.7 Å². The summed E-state index contributed by atoms with van der Waals surface area (Å²) in [5.41, 5.74) is 0. The largest absolute Gasteiger partial charge is 0.472 e. The summed E-state index contributed by atoms with van der Waals surface area (Å²) in [7, 11) is -9.91. The van der Waals surface area contributed by atoms with Gasteiger partial charge in [0.25, 0.3) is 0 Å². The summed E-state index contributed by atoms with van der Waals surface area (Å²) in [6.45, 7) is 14.1. The molecular weight excluding hydrogens is 1210 g/mol. The summed E-state index contributed by atoms with van der Waals surface area (Å²) < 4.78 is 68.3. The predicted molar refractivity (Wildman–Crippen MR) is 372 cm³/mol. The summed E-state index contributed by atoms with van der Waals surface area (Å²) in [4.78, 5) is 72.6. The molecule has 0 fully saturated rings. The van der Waals surface area contributed by atoms with Crippen LogP contribution in [0.5, 0.6) is 0 Å². The molecule has 0 radical (unpaired) electrons. The highest BCUT2D eigenvalue weighted by molar-refractivity contribution is 7.47. The van der Waals surface area contributed by atoms with E-state index in [0.29, 0.717) is 31.6 Å². The Morgan fingerprint density at radius 1 is 0.304 bits per heavy atom. The molecule has 0 saturated carbocycles. The third-order valence-electron chi connectivity index (χ3n) is 17.2. The number of esters is 4. The lowest BCUT2D eigenvalue weighted by atomic mass is 10.00. The SMILES string of the molecule is CCC(C)CCCCCCCCC(=O)O[C@H](COC(=O)CCCCCCCCC(C)C)COP(=O)(O)OC[C@H](O)COP(=O)(O)OC[C@@H](COC(=O)CCCCCCCCCCCCCC(C)C)OC(=O)CCCCCCCCCCCCCCCCCCC(C)C. The first kappa shape index (κ1) is 90.1. The number of rotatable bonds is 70. The Bertz CT molecular complexity index is 1820. The summed E-state index contributed by atoms with van der Waals surface area (Å²) >= 11 is 0. The molecule has 0 spiro atoms. The quantitative estimate of drug-likeness (QED) is 0.0222. The monoisotopic (exact) mass is 1350 g/mol. The van der Waals surface area contributed by atoms with Crippen LogP contribution in [0.2, 0.25) is 0 Å². The second kappa shape index (κ2) is 62.6. The molecule has 0 saturated heterocycles. The Hall–Kier alpha value is -1.94. The highest BCUT2D eigenvalue weighted by atomic mass is 31.2. The van der Waals surface area contributed by atoms with Crippen molar-refractivity contribution in [2.75, 3.05) is 39.6 Å². The zero-order valence-electron chi connectivity index (χ0n) is 60.2. The van der Waals surface area contributed by atoms with E-state index in [-0.39, 0.29) is 25.7 Å². The van der Waals surface area contributed by atoms with E-state index in [2.05, 4.69) is 55.4 Å². The van der Waals surface area contributed by atoms with Crippen LogP contribution in [0.4, 0.5) is 0 Å². The Labute approximate surface area is 562 Å². The minimum atomic E-state index is -4.96. The van der Waals surface area contributed by atoms with Gasteiger partial charge in [0.2, 0.25) is 0 Å². The minimum absolute atomic E-state index is 0.102. The second-order valence-corrected chi connectivity index (χ2v) is 30.9. The number of hydrogen-bond acceptors (Lipinski definition) is 15. The number of phosphoric acid groups is 2. The van der Waals surface area contributed by atoms with Crippen molar-refractivity contribution in [3.8, 4) is 0 Å². The molecule has 3 N–H and O–H groups in total. The minimum Gasteiger partial charge on any atom is -0.462 e. The molecule has 19 heteroatoms. The van der Waals surface area contributed by atoms with Gasteiger partial charge >= 0.3 is 39.5 Å². The zero-order valence-corrected chi connectivity index (χ0v) is 62.0. The van der Waals surface area contributed by atoms with E-state index in [1.54, 1.807) is 0 Å². The van der Waals surface area contributed by atoms with Gasteiger partial charge in [0.1, 0.15) is 19.3 Å². The van der Waals surface area contributed by atoms with Crippen molar-refractivity contribution in [1.82, 2.24) is 0 Å². The molecule has 0 heterocycles. The summed E-state index contributed by atoms with van der Waals surface area (Å²) in [6.07, 6.45) is 46.1. The first-order valence-electron chi connectivity index (χ1n) is 37.7. The number of ether oxygens (including phenoxy) is 4. The fourth-order valence-corrected chi connectivity index (χ4v) is 12.6. The fraction of sp³-hybridized carbons (Fsp3) is 0.945. The first-order valence-corrected chi connectivity index (χ1v) is 40.7. The van der Waals surface area contributed by atoms with E-state index in [0.717, 1.165) is 114 Å². The first-order chi connectivity index (χ1) is 44.1. The maximum Gasteiger partial charge on any atom is 0.472 e. The molecular formula is C73H142O17P2. The molecule has 0 aromatic rings. The fourth-order valence-electron chi connectivity index (χ4n) is 11.0. The molecule has 0 aliphatic carbocycles. The van der Waals surface area contributed by atoms with Crippen LogP contribution < -0.4 is 0 Å². The average Bonchev–Trinajstić information content (AvgIpc) is 1.59. The predicted octanol–water partition coefficient (Wildman–Crippen LogP) is 20.9. The number of hydrogen-bond donors (Lipinski definition) is 3. The molecule has 0 aliphatic heterocycles. The third kappa shape index (κ3) is 65.4. The molecule has 546 valence electrons. The van der Waals surface area contributed by atoms with Gasteiger partial charge in [-0.05, 0) is 49.4 Å². The Kier molecular flexibility index (Phi) is 61.3. The van der Waals surface area contributed by atoms with Gasteiger partial charge in [-0.2, -0.15) is 0 Å². The van der Waals surface area contributed by atoms with Crippen LogP contribution in [0.25, 0.3) is 0 Å². The van der Waals surface area contributed by atoms with Gasteiger partial charge in [0.15, 0.2) is 12.2 Å². The molecule has 0 bridgehead atoms. The normalized spacial score (nSPS) is 14.5. The molecule has 92 heavy (non-hydrogen) atoms. The maximum atomic E-state index is 13.1. The van der Waals surface area contributed by atoms with Crippen molar-refractivity contribution in [1.29, 1.82) is 0 Å². The van der Waals surface area contributed by atoms with Crippen molar-refractivity contribution in [2.45, 2.75) is 382 Å². The van der Waals surface area contributed by atoms with Gasteiger partial charge < -0.3 is 33.8 Å². The molecule has 3 unspecified atom stereocenters. The van der Waals surface area contributed by atoms with Crippen molar-refractivity contribution >= 4 is 39.5 Å². The topological polar surface area (TPSA) is 237 Å². The van der Waals surface area contributed by atoms with Crippen molar-refractivity contribution in [2.24, 2.45) is 23.7 Å². The lowest BCUT2D eigenvalue weighted by Crippen LogP contribution is -2.30. The number of carbonyl (C=O) groups is 4. The lowest BCUT2D eigenvalue weighted by molar-refractivity contribution is -0.161. The van der Waals surface area contributed by atoms with E-state index in [1.165, 1.54) is 161 Å². The van der Waals surface area contributed by atoms with E-state index in [4.69, 9.17) is 37.0 Å². The molecule has 0 amide bonds. The Morgan fingerprint density at radius 2 is 0.522 bits per heavy atom. The summed E-state index contributed by atoms with van der Waals surface area (Å²) in [5, 5.41) is 10.6. The van der Waals surface area contributed by atoms with Gasteiger partial charge in [-0.25, -0.2) is 9.13 Å². The number of aliphatic hydroxyl groups is 1. The van der Waals surface area contributed by atoms with Crippen LogP contribution in [0, 0.1) is 23.7 Å². The third-order valence-corrected chi connectivity index (χ3v) is 19.1. The summed E-state index contributed by atoms with van der Waals surface area (Å²) in [5.74, 6) is 0.850. The zero-order chi connectivity index (χ0) is 68.2. The average molecular weight is 1350 g/mol. The van der Waals surface area contributed by atoms with E-state index >= 15 is 0 Å². The van der Waals surface area contributed by atoms with Crippen molar-refractivity contribution < 1.29 is 80.2 Å². The van der Waals surface area contributed by atoms with Gasteiger partial charge in [-0.15, -0.1) is 0 Å². The second-order valence-electron chi connectivity index (χ2n) is 28.0. The van der Waals surface area contributed by atoms with E-state index in [9.17, 15) is 43.2 Å². The number of phosphoric ester groups is 2. The highest BCUT2D eigenvalue weighted by Crippen LogP contribution is 2.45.